The molecule has 3 rings (SSSR count). The van der Waals surface area contributed by atoms with Gasteiger partial charge < -0.3 is 10.6 Å². The summed E-state index contributed by atoms with van der Waals surface area (Å²) in [6.45, 7) is 0. The highest BCUT2D eigenvalue weighted by Crippen LogP contribution is 2.19. The van der Waals surface area contributed by atoms with Crippen LogP contribution in [-0.4, -0.2) is 20.9 Å². The Balaban J connectivity index is 1.69. The molecule has 1 aromatic carbocycles. The van der Waals surface area contributed by atoms with Crippen molar-refractivity contribution in [2.24, 2.45) is 0 Å². The molecule has 2 aromatic heterocycles. The second-order valence-corrected chi connectivity index (χ2v) is 5.06. The van der Waals surface area contributed by atoms with Crippen LogP contribution in [0.15, 0.2) is 48.1 Å². The number of halogens is 1. The van der Waals surface area contributed by atoms with E-state index in [0.29, 0.717) is 16.8 Å². The number of thiazole rings is 1. The molecule has 1 amide bonds. The molecule has 22 heavy (non-hydrogen) atoms. The fourth-order valence-corrected chi connectivity index (χ4v) is 2.34. The summed E-state index contributed by atoms with van der Waals surface area (Å²) in [4.78, 5) is 24.2. The topological polar surface area (TPSA) is 79.8 Å². The fourth-order valence-electron chi connectivity index (χ4n) is 1.66. The number of carbonyl (C=O) groups excluding carboxylic acids is 1. The third-order valence-electron chi connectivity index (χ3n) is 2.60. The first-order chi connectivity index (χ1) is 10.7. The van der Waals surface area contributed by atoms with Crippen LogP contribution >= 0.6 is 11.3 Å². The molecule has 0 aliphatic carbocycles. The standard InChI is InChI=1S/C14H10FN5OS/c15-9-3-1-4-10(7-9)18-12(21)11-8-22-14(19-11)20-13-16-5-2-6-17-13/h1-8H,(H,18,21)(H,16,17,19,20). The van der Waals surface area contributed by atoms with Crippen molar-refractivity contribution in [3.05, 3.63) is 59.6 Å². The molecular weight excluding hydrogens is 305 g/mol. The number of nitrogens with zero attached hydrogens (tertiary/aromatic N) is 3. The van der Waals surface area contributed by atoms with Gasteiger partial charge in [0.1, 0.15) is 11.5 Å². The van der Waals surface area contributed by atoms with E-state index in [0.717, 1.165) is 0 Å². The average Bonchev–Trinajstić information content (AvgIpc) is 2.97. The molecule has 3 aromatic rings. The van der Waals surface area contributed by atoms with Gasteiger partial charge in [0.25, 0.3) is 5.91 Å². The quantitative estimate of drug-likeness (QED) is 0.773. The molecule has 0 unspecified atom stereocenters. The maximum atomic E-state index is 13.1. The molecule has 0 saturated carbocycles. The molecule has 8 heteroatoms. The summed E-state index contributed by atoms with van der Waals surface area (Å²) in [5.41, 5.74) is 0.603. The summed E-state index contributed by atoms with van der Waals surface area (Å²) in [6.07, 6.45) is 3.20. The van der Waals surface area contributed by atoms with E-state index in [4.69, 9.17) is 0 Å². The van der Waals surface area contributed by atoms with Gasteiger partial charge in [0.2, 0.25) is 5.95 Å². The minimum absolute atomic E-state index is 0.229. The minimum atomic E-state index is -0.417. The van der Waals surface area contributed by atoms with Crippen molar-refractivity contribution in [3.8, 4) is 0 Å². The molecule has 0 aliphatic heterocycles. The Morgan fingerprint density at radius 1 is 1.18 bits per heavy atom. The van der Waals surface area contributed by atoms with E-state index in [9.17, 15) is 9.18 Å². The minimum Gasteiger partial charge on any atom is -0.321 e. The first kappa shape index (κ1) is 14.1. The van der Waals surface area contributed by atoms with Crippen LogP contribution in [0.3, 0.4) is 0 Å². The van der Waals surface area contributed by atoms with Crippen LogP contribution in [-0.2, 0) is 0 Å². The van der Waals surface area contributed by atoms with Gasteiger partial charge >= 0.3 is 0 Å². The maximum absolute atomic E-state index is 13.1. The molecular formula is C14H10FN5OS. The normalized spacial score (nSPS) is 10.2. The molecule has 0 fully saturated rings. The highest BCUT2D eigenvalue weighted by Gasteiger charge is 2.12. The van der Waals surface area contributed by atoms with Gasteiger partial charge in [-0.15, -0.1) is 11.3 Å². The summed E-state index contributed by atoms with van der Waals surface area (Å²) in [7, 11) is 0. The molecule has 2 heterocycles. The second kappa shape index (κ2) is 6.27. The molecule has 0 aliphatic rings. The van der Waals surface area contributed by atoms with Crippen molar-refractivity contribution < 1.29 is 9.18 Å². The zero-order chi connectivity index (χ0) is 15.4. The van der Waals surface area contributed by atoms with Gasteiger partial charge in [0.15, 0.2) is 5.13 Å². The summed E-state index contributed by atoms with van der Waals surface area (Å²) in [5.74, 6) is -0.433. The lowest BCUT2D eigenvalue weighted by Crippen LogP contribution is -2.12. The summed E-state index contributed by atoms with van der Waals surface area (Å²) in [6, 6.07) is 7.36. The summed E-state index contributed by atoms with van der Waals surface area (Å²) in [5, 5.41) is 7.57. The Kier molecular flexibility index (Phi) is 4.01. The molecule has 0 atom stereocenters. The molecule has 0 radical (unpaired) electrons. The van der Waals surface area contributed by atoms with Crippen molar-refractivity contribution in [2.75, 3.05) is 10.6 Å². The smallest absolute Gasteiger partial charge is 0.275 e. The van der Waals surface area contributed by atoms with Gasteiger partial charge in [-0.25, -0.2) is 19.3 Å². The number of benzene rings is 1. The first-order valence-electron chi connectivity index (χ1n) is 6.27. The molecule has 6 nitrogen and oxygen atoms in total. The van der Waals surface area contributed by atoms with Crippen molar-refractivity contribution in [2.45, 2.75) is 0 Å². The Labute approximate surface area is 129 Å². The van der Waals surface area contributed by atoms with Crippen LogP contribution in [0, 0.1) is 5.82 Å². The fraction of sp³-hybridized carbons (Fsp3) is 0. The molecule has 0 spiro atoms. The Hall–Kier alpha value is -2.87. The van der Waals surface area contributed by atoms with Crippen LogP contribution in [0.1, 0.15) is 10.5 Å². The van der Waals surface area contributed by atoms with Crippen molar-refractivity contribution >= 4 is 34.0 Å². The van der Waals surface area contributed by atoms with Crippen LogP contribution in [0.25, 0.3) is 0 Å². The third-order valence-corrected chi connectivity index (χ3v) is 3.36. The number of aromatic nitrogens is 3. The van der Waals surface area contributed by atoms with Crippen LogP contribution < -0.4 is 10.6 Å². The van der Waals surface area contributed by atoms with E-state index >= 15 is 0 Å². The summed E-state index contributed by atoms with van der Waals surface area (Å²) < 4.78 is 13.1. The second-order valence-electron chi connectivity index (χ2n) is 4.20. The molecule has 0 bridgehead atoms. The van der Waals surface area contributed by atoms with E-state index in [-0.39, 0.29) is 5.69 Å². The number of nitrogens with one attached hydrogen (secondary N) is 2. The van der Waals surface area contributed by atoms with Crippen molar-refractivity contribution in [3.63, 3.8) is 0 Å². The lowest BCUT2D eigenvalue weighted by molar-refractivity contribution is 0.102. The SMILES string of the molecule is O=C(Nc1cccc(F)c1)c1csc(Nc2ncccn2)n1. The number of amides is 1. The van der Waals surface area contributed by atoms with E-state index < -0.39 is 11.7 Å². The maximum Gasteiger partial charge on any atom is 0.275 e. The van der Waals surface area contributed by atoms with E-state index in [2.05, 4.69) is 25.6 Å². The Morgan fingerprint density at radius 3 is 2.77 bits per heavy atom. The number of hydrogen-bond acceptors (Lipinski definition) is 6. The molecule has 110 valence electrons. The summed E-state index contributed by atoms with van der Waals surface area (Å²) >= 11 is 1.25. The number of hydrogen-bond donors (Lipinski definition) is 2. The van der Waals surface area contributed by atoms with E-state index in [1.807, 2.05) is 0 Å². The van der Waals surface area contributed by atoms with Gasteiger partial charge in [-0.1, -0.05) is 6.07 Å². The first-order valence-corrected chi connectivity index (χ1v) is 7.15. The van der Waals surface area contributed by atoms with Gasteiger partial charge in [-0.2, -0.15) is 0 Å². The van der Waals surface area contributed by atoms with Crippen LogP contribution in [0.2, 0.25) is 0 Å². The zero-order valence-electron chi connectivity index (χ0n) is 11.2. The van der Waals surface area contributed by atoms with Crippen molar-refractivity contribution in [1.29, 1.82) is 0 Å². The van der Waals surface area contributed by atoms with E-state index in [1.54, 1.807) is 29.9 Å². The largest absolute Gasteiger partial charge is 0.321 e. The highest BCUT2D eigenvalue weighted by atomic mass is 32.1. The predicted octanol–water partition coefficient (Wildman–Crippen LogP) is 3.07. The average molecular weight is 315 g/mol. The Bertz CT molecular complexity index is 793. The predicted molar refractivity (Wildman–Crippen MR) is 81.8 cm³/mol. The number of rotatable bonds is 4. The van der Waals surface area contributed by atoms with E-state index in [1.165, 1.54) is 29.5 Å². The van der Waals surface area contributed by atoms with Gasteiger partial charge in [-0.05, 0) is 24.3 Å². The number of anilines is 3. The van der Waals surface area contributed by atoms with Gasteiger partial charge in [0.05, 0.1) is 0 Å². The van der Waals surface area contributed by atoms with Crippen molar-refractivity contribution in [1.82, 2.24) is 15.0 Å². The monoisotopic (exact) mass is 315 g/mol. The number of carbonyl (C=O) groups is 1. The van der Waals surface area contributed by atoms with Crippen LogP contribution in [0.4, 0.5) is 21.2 Å². The molecule has 0 saturated heterocycles. The highest BCUT2D eigenvalue weighted by molar-refractivity contribution is 7.14. The zero-order valence-corrected chi connectivity index (χ0v) is 12.0. The lowest BCUT2D eigenvalue weighted by Gasteiger charge is -2.02. The van der Waals surface area contributed by atoms with Crippen LogP contribution in [0.5, 0.6) is 0 Å². The van der Waals surface area contributed by atoms with Gasteiger partial charge in [-0.3, -0.25) is 4.79 Å². The van der Waals surface area contributed by atoms with Gasteiger partial charge in [0, 0.05) is 23.5 Å². The molecule has 2 N–H and O–H groups in total. The Morgan fingerprint density at radius 2 is 2.00 bits per heavy atom. The third kappa shape index (κ3) is 3.41. The lowest BCUT2D eigenvalue weighted by atomic mass is 10.3.